The van der Waals surface area contributed by atoms with Crippen LogP contribution < -0.4 is 10.0 Å². The fourth-order valence-corrected chi connectivity index (χ4v) is 0.928. The number of nitrogens with zero attached hydrogens (tertiary/aromatic N) is 1. The Morgan fingerprint density at radius 2 is 2.33 bits per heavy atom. The van der Waals surface area contributed by atoms with E-state index in [2.05, 4.69) is 19.2 Å². The Labute approximate surface area is 72.6 Å². The Kier molecular flexibility index (Phi) is 3.05. The van der Waals surface area contributed by atoms with Crippen molar-refractivity contribution in [2.75, 3.05) is 0 Å². The molecule has 0 saturated carbocycles. The Hall–Kier alpha value is -1.09. The number of hydrogen-bond acceptors (Lipinski definition) is 2. The van der Waals surface area contributed by atoms with E-state index in [1.54, 1.807) is 12.3 Å². The molecule has 12 heavy (non-hydrogen) atoms. The van der Waals surface area contributed by atoms with Gasteiger partial charge in [-0.2, -0.15) is 4.73 Å². The summed E-state index contributed by atoms with van der Waals surface area (Å²) in [6.45, 7) is 4.91. The predicted molar refractivity (Wildman–Crippen MR) is 47.4 cm³/mol. The summed E-state index contributed by atoms with van der Waals surface area (Å²) in [5.74, 6) is 0. The SMILES string of the molecule is CC(C)NCc1ccc[n+]([O-])c1. The molecule has 0 bridgehead atoms. The molecule has 0 aliphatic heterocycles. The van der Waals surface area contributed by atoms with Crippen molar-refractivity contribution >= 4 is 0 Å². The first-order valence-corrected chi connectivity index (χ1v) is 4.09. The van der Waals surface area contributed by atoms with Crippen molar-refractivity contribution in [3.8, 4) is 0 Å². The van der Waals surface area contributed by atoms with Crippen LogP contribution in [0.3, 0.4) is 0 Å². The molecule has 0 amide bonds. The van der Waals surface area contributed by atoms with E-state index in [1.165, 1.54) is 6.20 Å². The lowest BCUT2D eigenvalue weighted by molar-refractivity contribution is -0.605. The molecule has 0 aliphatic carbocycles. The summed E-state index contributed by atoms with van der Waals surface area (Å²) in [6.07, 6.45) is 3.06. The van der Waals surface area contributed by atoms with Gasteiger partial charge >= 0.3 is 0 Å². The molecular weight excluding hydrogens is 152 g/mol. The van der Waals surface area contributed by atoms with Crippen molar-refractivity contribution < 1.29 is 4.73 Å². The lowest BCUT2D eigenvalue weighted by Crippen LogP contribution is -2.27. The highest BCUT2D eigenvalue weighted by Crippen LogP contribution is 1.93. The van der Waals surface area contributed by atoms with Gasteiger partial charge in [-0.1, -0.05) is 13.8 Å². The summed E-state index contributed by atoms with van der Waals surface area (Å²) in [5.41, 5.74) is 1.02. The summed E-state index contributed by atoms with van der Waals surface area (Å²) in [6, 6.07) is 4.14. The van der Waals surface area contributed by atoms with Gasteiger partial charge in [0.2, 0.25) is 0 Å². The molecule has 3 nitrogen and oxygen atoms in total. The first-order valence-electron chi connectivity index (χ1n) is 4.09. The van der Waals surface area contributed by atoms with Crippen LogP contribution >= 0.6 is 0 Å². The third-order valence-corrected chi connectivity index (χ3v) is 1.55. The third kappa shape index (κ3) is 2.88. The van der Waals surface area contributed by atoms with E-state index >= 15 is 0 Å². The van der Waals surface area contributed by atoms with Crippen molar-refractivity contribution in [2.45, 2.75) is 26.4 Å². The van der Waals surface area contributed by atoms with E-state index < -0.39 is 0 Å². The Balaban J connectivity index is 2.52. The molecule has 1 aromatic rings. The summed E-state index contributed by atoms with van der Waals surface area (Å²) >= 11 is 0. The van der Waals surface area contributed by atoms with Crippen molar-refractivity contribution in [1.29, 1.82) is 0 Å². The van der Waals surface area contributed by atoms with Gasteiger partial charge in [0.05, 0.1) is 0 Å². The highest BCUT2D eigenvalue weighted by molar-refractivity contribution is 5.04. The average Bonchev–Trinajstić information content (AvgIpc) is 2.01. The number of rotatable bonds is 3. The molecule has 0 spiro atoms. The van der Waals surface area contributed by atoms with Crippen molar-refractivity contribution in [1.82, 2.24) is 5.32 Å². The second-order valence-corrected chi connectivity index (χ2v) is 3.11. The summed E-state index contributed by atoms with van der Waals surface area (Å²) in [7, 11) is 0. The first kappa shape index (κ1) is 9.00. The minimum absolute atomic E-state index is 0.449. The smallest absolute Gasteiger partial charge is 0.184 e. The van der Waals surface area contributed by atoms with Gasteiger partial charge in [0, 0.05) is 24.2 Å². The summed E-state index contributed by atoms with van der Waals surface area (Å²) < 4.78 is 0.817. The third-order valence-electron chi connectivity index (χ3n) is 1.55. The van der Waals surface area contributed by atoms with E-state index in [0.717, 1.165) is 16.8 Å². The van der Waals surface area contributed by atoms with Crippen LogP contribution in [0.1, 0.15) is 19.4 Å². The highest BCUT2D eigenvalue weighted by atomic mass is 16.5. The van der Waals surface area contributed by atoms with E-state index in [9.17, 15) is 5.21 Å². The standard InChI is InChI=1S/C9H14N2O/c1-8(2)10-6-9-4-3-5-11(12)7-9/h3-5,7-8,10H,6H2,1-2H3. The van der Waals surface area contributed by atoms with Crippen molar-refractivity contribution in [3.05, 3.63) is 35.3 Å². The molecule has 1 heterocycles. The number of nitrogens with one attached hydrogen (secondary N) is 1. The number of pyridine rings is 1. The van der Waals surface area contributed by atoms with E-state index in [1.807, 2.05) is 6.07 Å². The molecule has 0 fully saturated rings. The van der Waals surface area contributed by atoms with Gasteiger partial charge in [0.1, 0.15) is 0 Å². The van der Waals surface area contributed by atoms with Crippen LogP contribution in [0.25, 0.3) is 0 Å². The molecule has 0 saturated heterocycles. The monoisotopic (exact) mass is 166 g/mol. The number of aromatic nitrogens is 1. The molecule has 0 unspecified atom stereocenters. The maximum Gasteiger partial charge on any atom is 0.184 e. The maximum absolute atomic E-state index is 10.8. The quantitative estimate of drug-likeness (QED) is 0.533. The molecule has 66 valence electrons. The molecule has 0 atom stereocenters. The van der Waals surface area contributed by atoms with Crippen LogP contribution in [-0.2, 0) is 6.54 Å². The van der Waals surface area contributed by atoms with Crippen LogP contribution in [0.4, 0.5) is 0 Å². The number of hydrogen-bond donors (Lipinski definition) is 1. The van der Waals surface area contributed by atoms with Crippen LogP contribution in [0.15, 0.2) is 24.5 Å². The Morgan fingerprint density at radius 1 is 1.58 bits per heavy atom. The van der Waals surface area contributed by atoms with Crippen molar-refractivity contribution in [3.63, 3.8) is 0 Å². The fourth-order valence-electron chi connectivity index (χ4n) is 0.928. The first-order chi connectivity index (χ1) is 5.68. The molecule has 1 N–H and O–H groups in total. The summed E-state index contributed by atoms with van der Waals surface area (Å²) in [4.78, 5) is 0. The lowest BCUT2D eigenvalue weighted by atomic mass is 10.2. The fraction of sp³-hybridized carbons (Fsp3) is 0.444. The van der Waals surface area contributed by atoms with Crippen LogP contribution in [-0.4, -0.2) is 6.04 Å². The minimum atomic E-state index is 0.449. The highest BCUT2D eigenvalue weighted by Gasteiger charge is 1.97. The maximum atomic E-state index is 10.8. The molecule has 1 aromatic heterocycles. The molecular formula is C9H14N2O. The molecule has 0 radical (unpaired) electrons. The van der Waals surface area contributed by atoms with Gasteiger partial charge in [0.25, 0.3) is 0 Å². The summed E-state index contributed by atoms with van der Waals surface area (Å²) in [5, 5.41) is 14.1. The van der Waals surface area contributed by atoms with Gasteiger partial charge in [-0.25, -0.2) is 0 Å². The van der Waals surface area contributed by atoms with Gasteiger partial charge in [-0.05, 0) is 6.07 Å². The molecule has 0 aliphatic rings. The van der Waals surface area contributed by atoms with Gasteiger partial charge in [0.15, 0.2) is 12.4 Å². The minimum Gasteiger partial charge on any atom is -0.619 e. The van der Waals surface area contributed by atoms with E-state index in [0.29, 0.717) is 6.04 Å². The topological polar surface area (TPSA) is 39.0 Å². The second-order valence-electron chi connectivity index (χ2n) is 3.11. The van der Waals surface area contributed by atoms with E-state index in [-0.39, 0.29) is 0 Å². The molecule has 1 rings (SSSR count). The normalized spacial score (nSPS) is 10.6. The largest absolute Gasteiger partial charge is 0.619 e. The zero-order chi connectivity index (χ0) is 8.97. The van der Waals surface area contributed by atoms with Crippen LogP contribution in [0, 0.1) is 5.21 Å². The lowest BCUT2D eigenvalue weighted by Gasteiger charge is -2.06. The molecule has 0 aromatic carbocycles. The predicted octanol–water partition coefficient (Wildman–Crippen LogP) is 0.818. The van der Waals surface area contributed by atoms with Crippen LogP contribution in [0.2, 0.25) is 0 Å². The Morgan fingerprint density at radius 3 is 2.92 bits per heavy atom. The zero-order valence-corrected chi connectivity index (χ0v) is 7.45. The molecule has 3 heteroatoms. The second kappa shape index (κ2) is 4.07. The average molecular weight is 166 g/mol. The van der Waals surface area contributed by atoms with Gasteiger partial charge in [-0.15, -0.1) is 0 Å². The van der Waals surface area contributed by atoms with Crippen LogP contribution in [0.5, 0.6) is 0 Å². The van der Waals surface area contributed by atoms with Crippen molar-refractivity contribution in [2.24, 2.45) is 0 Å². The Bertz CT molecular complexity index is 248. The van der Waals surface area contributed by atoms with Gasteiger partial charge < -0.3 is 10.5 Å². The van der Waals surface area contributed by atoms with E-state index in [4.69, 9.17) is 0 Å². The van der Waals surface area contributed by atoms with Gasteiger partial charge in [-0.3, -0.25) is 0 Å². The zero-order valence-electron chi connectivity index (χ0n) is 7.45.